The van der Waals surface area contributed by atoms with Gasteiger partial charge < -0.3 is 9.57 Å². The minimum atomic E-state index is -0.294. The SMILES string of the molecule is CCO/N=C(/c1ccc(Cl)c(Cl)c1)c1cc(CC(=O)OC(C)C)c(-c2ccc(Cl)cc2)s1. The van der Waals surface area contributed by atoms with Crippen molar-refractivity contribution in [1.82, 2.24) is 0 Å². The van der Waals surface area contributed by atoms with Gasteiger partial charge in [0, 0.05) is 15.5 Å². The molecule has 0 N–H and O–H groups in total. The number of ether oxygens (including phenoxy) is 1. The summed E-state index contributed by atoms with van der Waals surface area (Å²) in [6.45, 7) is 5.92. The van der Waals surface area contributed by atoms with Gasteiger partial charge in [-0.2, -0.15) is 0 Å². The van der Waals surface area contributed by atoms with Gasteiger partial charge >= 0.3 is 5.97 Å². The molecule has 0 fully saturated rings. The first kappa shape index (κ1) is 24.6. The highest BCUT2D eigenvalue weighted by atomic mass is 35.5. The van der Waals surface area contributed by atoms with Crippen LogP contribution in [-0.2, 0) is 20.8 Å². The Kier molecular flexibility index (Phi) is 8.60. The van der Waals surface area contributed by atoms with E-state index < -0.39 is 0 Å². The monoisotopic (exact) mass is 509 g/mol. The molecule has 0 bridgehead atoms. The molecule has 8 heteroatoms. The van der Waals surface area contributed by atoms with Crippen molar-refractivity contribution in [2.75, 3.05) is 6.61 Å². The number of esters is 1. The number of rotatable bonds is 8. The van der Waals surface area contributed by atoms with Crippen molar-refractivity contribution in [3.63, 3.8) is 0 Å². The molecule has 0 aliphatic heterocycles. The van der Waals surface area contributed by atoms with Crippen molar-refractivity contribution >= 4 is 57.8 Å². The van der Waals surface area contributed by atoms with Gasteiger partial charge in [0.1, 0.15) is 12.3 Å². The zero-order valence-corrected chi connectivity index (χ0v) is 20.9. The molecular weight excluding hydrogens is 489 g/mol. The third kappa shape index (κ3) is 6.26. The van der Waals surface area contributed by atoms with E-state index in [4.69, 9.17) is 44.4 Å². The van der Waals surface area contributed by atoms with Crippen LogP contribution in [0.1, 0.15) is 36.8 Å². The fourth-order valence-electron chi connectivity index (χ4n) is 2.99. The van der Waals surface area contributed by atoms with Crippen molar-refractivity contribution in [2.45, 2.75) is 33.3 Å². The first-order valence-electron chi connectivity index (χ1n) is 10.0. The Balaban J connectivity index is 2.10. The molecule has 3 rings (SSSR count). The Morgan fingerprint density at radius 3 is 2.38 bits per heavy atom. The van der Waals surface area contributed by atoms with Crippen LogP contribution < -0.4 is 0 Å². The third-order valence-electron chi connectivity index (χ3n) is 4.33. The van der Waals surface area contributed by atoms with Gasteiger partial charge in [0.2, 0.25) is 0 Å². The summed E-state index contributed by atoms with van der Waals surface area (Å²) in [6, 6.07) is 14.7. The summed E-state index contributed by atoms with van der Waals surface area (Å²) in [4.78, 5) is 19.6. The Hall–Kier alpha value is -2.05. The lowest BCUT2D eigenvalue weighted by Gasteiger charge is -2.08. The second-order valence-electron chi connectivity index (χ2n) is 7.17. The molecule has 0 atom stereocenters. The van der Waals surface area contributed by atoms with Crippen molar-refractivity contribution in [3.05, 3.63) is 79.6 Å². The minimum Gasteiger partial charge on any atom is -0.463 e. The molecule has 0 amide bonds. The quantitative estimate of drug-likeness (QED) is 0.177. The fraction of sp³-hybridized carbons (Fsp3) is 0.250. The van der Waals surface area contributed by atoms with Gasteiger partial charge in [-0.15, -0.1) is 11.3 Å². The highest BCUT2D eigenvalue weighted by Gasteiger charge is 2.20. The average Bonchev–Trinajstić information content (AvgIpc) is 3.14. The number of thiophene rings is 1. The van der Waals surface area contributed by atoms with E-state index in [1.807, 2.05) is 57.2 Å². The zero-order valence-electron chi connectivity index (χ0n) is 17.8. The Morgan fingerprint density at radius 1 is 1.03 bits per heavy atom. The molecule has 0 aliphatic carbocycles. The normalized spacial score (nSPS) is 11.7. The van der Waals surface area contributed by atoms with E-state index in [-0.39, 0.29) is 18.5 Å². The maximum atomic E-state index is 12.4. The topological polar surface area (TPSA) is 47.9 Å². The Bertz CT molecular complexity index is 1120. The van der Waals surface area contributed by atoms with Gasteiger partial charge in [0.05, 0.1) is 27.4 Å². The van der Waals surface area contributed by atoms with Crippen molar-refractivity contribution < 1.29 is 14.4 Å². The van der Waals surface area contributed by atoms with Crippen LogP contribution in [0.5, 0.6) is 0 Å². The van der Waals surface area contributed by atoms with Gasteiger partial charge in [-0.25, -0.2) is 0 Å². The summed E-state index contributed by atoms with van der Waals surface area (Å²) >= 11 is 19.9. The first-order valence-corrected chi connectivity index (χ1v) is 12.0. The van der Waals surface area contributed by atoms with Gasteiger partial charge in [0.15, 0.2) is 0 Å². The lowest BCUT2D eigenvalue weighted by molar-refractivity contribution is -0.146. The molecule has 3 aromatic rings. The number of oxime groups is 1. The molecule has 2 aromatic carbocycles. The summed E-state index contributed by atoms with van der Waals surface area (Å²) < 4.78 is 5.37. The van der Waals surface area contributed by atoms with Crippen molar-refractivity contribution in [3.8, 4) is 10.4 Å². The van der Waals surface area contributed by atoms with Gasteiger partial charge in [0.25, 0.3) is 0 Å². The predicted octanol–water partition coefficient (Wildman–Crippen LogP) is 7.66. The molecule has 1 aromatic heterocycles. The lowest BCUT2D eigenvalue weighted by atomic mass is 10.0. The molecule has 0 saturated carbocycles. The summed E-state index contributed by atoms with van der Waals surface area (Å²) in [6.07, 6.45) is -0.0542. The number of carbonyl (C=O) groups excluding carboxylic acids is 1. The largest absolute Gasteiger partial charge is 0.463 e. The smallest absolute Gasteiger partial charge is 0.310 e. The molecule has 0 spiro atoms. The summed E-state index contributed by atoms with van der Waals surface area (Å²) in [5.74, 6) is -0.294. The molecule has 0 radical (unpaired) electrons. The van der Waals surface area contributed by atoms with Crippen LogP contribution in [-0.4, -0.2) is 24.4 Å². The van der Waals surface area contributed by atoms with Crippen LogP contribution in [0.15, 0.2) is 53.7 Å². The zero-order chi connectivity index (χ0) is 23.3. The van der Waals surface area contributed by atoms with Crippen LogP contribution in [0.4, 0.5) is 0 Å². The standard InChI is InChI=1S/C24H22Cl3NO3S/c1-4-30-28-23(16-7-10-19(26)20(27)11-16)21-12-17(13-22(29)31-14(2)3)24(32-21)15-5-8-18(25)9-6-15/h5-12,14H,4,13H2,1-3H3/b28-23-. The van der Waals surface area contributed by atoms with Crippen LogP contribution in [0.2, 0.25) is 15.1 Å². The number of carbonyl (C=O) groups is 1. The lowest BCUT2D eigenvalue weighted by Crippen LogP contribution is -2.13. The highest BCUT2D eigenvalue weighted by molar-refractivity contribution is 7.17. The highest BCUT2D eigenvalue weighted by Crippen LogP contribution is 2.36. The van der Waals surface area contributed by atoms with Crippen LogP contribution in [0.3, 0.4) is 0 Å². The number of nitrogens with zero attached hydrogens (tertiary/aromatic N) is 1. The van der Waals surface area contributed by atoms with Gasteiger partial charge in [-0.05, 0) is 62.2 Å². The third-order valence-corrected chi connectivity index (χ3v) is 6.55. The Morgan fingerprint density at radius 2 is 1.75 bits per heavy atom. The maximum absolute atomic E-state index is 12.4. The second kappa shape index (κ2) is 11.2. The first-order chi connectivity index (χ1) is 15.3. The molecule has 32 heavy (non-hydrogen) atoms. The Labute approximate surface area is 206 Å². The number of benzene rings is 2. The summed E-state index contributed by atoms with van der Waals surface area (Å²) in [7, 11) is 0. The summed E-state index contributed by atoms with van der Waals surface area (Å²) in [5.41, 5.74) is 3.15. The average molecular weight is 511 g/mol. The predicted molar refractivity (Wildman–Crippen MR) is 133 cm³/mol. The number of hydrogen-bond acceptors (Lipinski definition) is 5. The van der Waals surface area contributed by atoms with E-state index in [9.17, 15) is 4.79 Å². The molecule has 0 aliphatic rings. The van der Waals surface area contributed by atoms with Crippen molar-refractivity contribution in [1.29, 1.82) is 0 Å². The molecule has 0 saturated heterocycles. The minimum absolute atomic E-state index is 0.135. The summed E-state index contributed by atoms with van der Waals surface area (Å²) in [5, 5.41) is 5.85. The van der Waals surface area contributed by atoms with E-state index in [1.165, 1.54) is 11.3 Å². The van der Waals surface area contributed by atoms with Crippen LogP contribution in [0, 0.1) is 0 Å². The van der Waals surface area contributed by atoms with E-state index >= 15 is 0 Å². The maximum Gasteiger partial charge on any atom is 0.310 e. The molecule has 0 unspecified atom stereocenters. The number of hydrogen-bond donors (Lipinski definition) is 0. The molecule has 168 valence electrons. The van der Waals surface area contributed by atoms with Crippen molar-refractivity contribution in [2.24, 2.45) is 5.16 Å². The second-order valence-corrected chi connectivity index (χ2v) is 9.48. The van der Waals surface area contributed by atoms with Gasteiger partial charge in [-0.3, -0.25) is 4.79 Å². The molecule has 4 nitrogen and oxygen atoms in total. The number of halogens is 3. The fourth-order valence-corrected chi connectivity index (χ4v) is 4.61. The van der Waals surface area contributed by atoms with E-state index in [0.29, 0.717) is 27.4 Å². The van der Waals surface area contributed by atoms with Gasteiger partial charge in [-0.1, -0.05) is 58.2 Å². The van der Waals surface area contributed by atoms with E-state index in [2.05, 4.69) is 5.16 Å². The van der Waals surface area contributed by atoms with Crippen LogP contribution >= 0.6 is 46.1 Å². The molecular formula is C24H22Cl3NO3S. The van der Waals surface area contributed by atoms with E-state index in [1.54, 1.807) is 12.1 Å². The van der Waals surface area contributed by atoms with E-state index in [0.717, 1.165) is 26.4 Å². The van der Waals surface area contributed by atoms with Crippen LogP contribution in [0.25, 0.3) is 10.4 Å². The molecule has 1 heterocycles.